The first-order valence-electron chi connectivity index (χ1n) is 15.6. The SMILES string of the molecule is CN(Cc1c(-c2ccccc2OC(F)(F)F)noc1C1CC1)C1CC2(C1)CC1CCC(C2)N1c1cc(Cl)c2c(C(=O)O)nsc2c1. The van der Waals surface area contributed by atoms with Crippen molar-refractivity contribution in [3.8, 4) is 17.0 Å². The van der Waals surface area contributed by atoms with E-state index in [9.17, 15) is 23.1 Å². The molecule has 2 aliphatic carbocycles. The zero-order valence-corrected chi connectivity index (χ0v) is 26.6. The van der Waals surface area contributed by atoms with Gasteiger partial charge in [0.05, 0.1) is 9.72 Å². The van der Waals surface area contributed by atoms with Gasteiger partial charge in [0.25, 0.3) is 0 Å². The number of aromatic nitrogens is 2. The maximum Gasteiger partial charge on any atom is 0.573 e. The van der Waals surface area contributed by atoms with Crippen molar-refractivity contribution < 1.29 is 32.3 Å². The Morgan fingerprint density at radius 2 is 1.87 bits per heavy atom. The minimum Gasteiger partial charge on any atom is -0.476 e. The van der Waals surface area contributed by atoms with Gasteiger partial charge in [0.1, 0.15) is 17.2 Å². The first-order chi connectivity index (χ1) is 22.0. The standard InChI is InChI=1S/C33H32ClF3N4O4S/c1-40(16-23-28(38-45-30(23)17-6-7-17)22-4-2-3-5-25(22)44-33(35,36)37)21-14-32(15-21)12-18-8-9-19(13-32)41(18)20-10-24(34)27-26(11-20)46-39-29(27)31(42)43/h2-5,10-11,17-19,21H,6-9,12-16H2,1H3,(H,42,43). The molecule has 0 radical (unpaired) electrons. The van der Waals surface area contributed by atoms with E-state index < -0.39 is 12.3 Å². The summed E-state index contributed by atoms with van der Waals surface area (Å²) in [5.74, 6) is -0.329. The van der Waals surface area contributed by atoms with Crippen molar-refractivity contribution in [2.75, 3.05) is 11.9 Å². The molecule has 2 aliphatic heterocycles. The maximum atomic E-state index is 13.2. The van der Waals surface area contributed by atoms with E-state index in [2.05, 4.69) is 31.1 Å². The van der Waals surface area contributed by atoms with Gasteiger partial charge >= 0.3 is 12.3 Å². The summed E-state index contributed by atoms with van der Waals surface area (Å²) in [6, 6.07) is 11.2. The molecule has 2 atom stereocenters. The van der Waals surface area contributed by atoms with Crippen molar-refractivity contribution in [3.05, 3.63) is 58.4 Å². The normalized spacial score (nSPS) is 25.9. The number of carboxylic acids is 1. The summed E-state index contributed by atoms with van der Waals surface area (Å²) in [4.78, 5) is 16.4. The minimum absolute atomic E-state index is 0.00294. The number of hydrogen-bond donors (Lipinski definition) is 1. The molecule has 4 aliphatic rings. The van der Waals surface area contributed by atoms with E-state index in [0.29, 0.717) is 40.8 Å². The first kappa shape index (κ1) is 30.0. The Balaban J connectivity index is 0.984. The first-order valence-corrected chi connectivity index (χ1v) is 16.8. The van der Waals surface area contributed by atoms with Crippen molar-refractivity contribution in [2.45, 2.75) is 88.3 Å². The second-order valence-corrected chi connectivity index (χ2v) is 14.7. The molecule has 8 nitrogen and oxygen atoms in total. The fourth-order valence-electron chi connectivity index (χ4n) is 8.36. The predicted molar refractivity (Wildman–Crippen MR) is 168 cm³/mol. The minimum atomic E-state index is -4.81. The number of halogens is 4. The summed E-state index contributed by atoms with van der Waals surface area (Å²) in [6.45, 7) is 0.538. The van der Waals surface area contributed by atoms with Crippen molar-refractivity contribution in [1.82, 2.24) is 14.4 Å². The zero-order valence-electron chi connectivity index (χ0n) is 25.0. The predicted octanol–water partition coefficient (Wildman–Crippen LogP) is 8.49. The molecule has 2 saturated heterocycles. The molecule has 4 fully saturated rings. The quantitative estimate of drug-likeness (QED) is 0.199. The third-order valence-electron chi connectivity index (χ3n) is 10.5. The van der Waals surface area contributed by atoms with Gasteiger partial charge in [-0.05, 0) is 99.6 Å². The van der Waals surface area contributed by atoms with Gasteiger partial charge in [0, 0.05) is 52.8 Å². The highest BCUT2D eigenvalue weighted by atomic mass is 35.5. The van der Waals surface area contributed by atoms with Crippen molar-refractivity contribution in [1.29, 1.82) is 0 Å². The lowest BCUT2D eigenvalue weighted by atomic mass is 9.58. The van der Waals surface area contributed by atoms with Crippen LogP contribution >= 0.6 is 23.1 Å². The Morgan fingerprint density at radius 1 is 1.15 bits per heavy atom. The van der Waals surface area contributed by atoms with E-state index in [4.69, 9.17) is 16.1 Å². The molecule has 2 aromatic carbocycles. The number of ether oxygens (including phenoxy) is 1. The van der Waals surface area contributed by atoms with E-state index in [1.807, 2.05) is 12.1 Å². The molecule has 46 heavy (non-hydrogen) atoms. The molecular formula is C33H32ClF3N4O4S. The van der Waals surface area contributed by atoms with Gasteiger partial charge in [-0.3, -0.25) is 4.90 Å². The van der Waals surface area contributed by atoms with Gasteiger partial charge in [-0.15, -0.1) is 13.2 Å². The largest absolute Gasteiger partial charge is 0.573 e. The van der Waals surface area contributed by atoms with Crippen LogP contribution in [0.3, 0.4) is 0 Å². The maximum absolute atomic E-state index is 13.2. The zero-order chi connectivity index (χ0) is 32.0. The summed E-state index contributed by atoms with van der Waals surface area (Å²) >= 11 is 7.79. The molecule has 242 valence electrons. The van der Waals surface area contributed by atoms with Crippen LogP contribution in [-0.2, 0) is 6.54 Å². The third-order valence-corrected chi connectivity index (χ3v) is 11.6. The molecule has 4 aromatic rings. The van der Waals surface area contributed by atoms with Crippen LogP contribution in [0.1, 0.15) is 79.1 Å². The average molecular weight is 673 g/mol. The summed E-state index contributed by atoms with van der Waals surface area (Å²) in [7, 11) is 2.09. The van der Waals surface area contributed by atoms with Crippen LogP contribution in [0, 0.1) is 5.41 Å². The average Bonchev–Trinajstić information content (AvgIpc) is 3.48. The Morgan fingerprint density at radius 3 is 2.54 bits per heavy atom. The lowest BCUT2D eigenvalue weighted by Gasteiger charge is -2.57. The Kier molecular flexibility index (Phi) is 7.08. The molecule has 8 rings (SSSR count). The molecule has 2 unspecified atom stereocenters. The van der Waals surface area contributed by atoms with Crippen molar-refractivity contribution >= 4 is 44.9 Å². The molecule has 13 heteroatoms. The van der Waals surface area contributed by atoms with Crippen LogP contribution in [0.25, 0.3) is 21.3 Å². The Bertz CT molecular complexity index is 1820. The molecule has 4 heterocycles. The fraction of sp³-hybridized carbons (Fsp3) is 0.485. The highest BCUT2D eigenvalue weighted by Crippen LogP contribution is 2.58. The van der Waals surface area contributed by atoms with Crippen molar-refractivity contribution in [2.24, 2.45) is 5.41 Å². The summed E-state index contributed by atoms with van der Waals surface area (Å²) in [6.07, 6.45) is 3.68. The molecule has 2 saturated carbocycles. The van der Waals surface area contributed by atoms with Gasteiger partial charge in [-0.2, -0.15) is 4.37 Å². The van der Waals surface area contributed by atoms with Crippen molar-refractivity contribution in [3.63, 3.8) is 0 Å². The van der Waals surface area contributed by atoms with Crippen LogP contribution in [-0.4, -0.2) is 57.0 Å². The molecule has 1 N–H and O–H groups in total. The van der Waals surface area contributed by atoms with E-state index in [-0.39, 0.29) is 28.3 Å². The Labute approximate surface area is 272 Å². The van der Waals surface area contributed by atoms with Crippen LogP contribution in [0.2, 0.25) is 5.02 Å². The number of alkyl halides is 3. The lowest BCUT2D eigenvalue weighted by molar-refractivity contribution is -0.274. The monoisotopic (exact) mass is 672 g/mol. The molecule has 1 spiro atoms. The number of carboxylic acid groups (broad SMARTS) is 1. The molecule has 2 bridgehead atoms. The van der Waals surface area contributed by atoms with Crippen LogP contribution in [0.15, 0.2) is 40.9 Å². The third kappa shape index (κ3) is 5.22. The number of aromatic carboxylic acids is 1. The number of hydrogen-bond acceptors (Lipinski definition) is 8. The van der Waals surface area contributed by atoms with Crippen LogP contribution in [0.5, 0.6) is 5.75 Å². The van der Waals surface area contributed by atoms with E-state index in [0.717, 1.165) is 73.1 Å². The number of para-hydroxylation sites is 1. The Hall–Kier alpha value is -3.35. The number of piperidine rings is 1. The number of nitrogens with zero attached hydrogens (tertiary/aromatic N) is 4. The summed E-state index contributed by atoms with van der Waals surface area (Å²) in [5, 5.41) is 14.7. The number of benzene rings is 2. The van der Waals surface area contributed by atoms with Crippen LogP contribution < -0.4 is 9.64 Å². The van der Waals surface area contributed by atoms with E-state index >= 15 is 0 Å². The second kappa shape index (κ2) is 10.8. The number of anilines is 1. The van der Waals surface area contributed by atoms with Crippen LogP contribution in [0.4, 0.5) is 18.9 Å². The molecule has 0 amide bonds. The molecule has 2 aromatic heterocycles. The van der Waals surface area contributed by atoms with Gasteiger partial charge in [0.2, 0.25) is 0 Å². The summed E-state index contributed by atoms with van der Waals surface area (Å²) in [5.41, 5.74) is 2.84. The topological polar surface area (TPSA) is 91.9 Å². The number of rotatable bonds is 8. The van der Waals surface area contributed by atoms with Gasteiger partial charge in [0.15, 0.2) is 5.69 Å². The van der Waals surface area contributed by atoms with E-state index in [1.54, 1.807) is 12.1 Å². The lowest BCUT2D eigenvalue weighted by Crippen LogP contribution is -2.57. The van der Waals surface area contributed by atoms with Gasteiger partial charge in [-0.1, -0.05) is 28.9 Å². The number of carbonyl (C=O) groups is 1. The highest BCUT2D eigenvalue weighted by Gasteiger charge is 2.55. The second-order valence-electron chi connectivity index (χ2n) is 13.5. The van der Waals surface area contributed by atoms with E-state index in [1.165, 1.54) is 23.7 Å². The highest BCUT2D eigenvalue weighted by molar-refractivity contribution is 7.13. The fourth-order valence-corrected chi connectivity index (χ4v) is 9.55. The number of fused-ring (bicyclic) bond motifs is 3. The molecular weight excluding hydrogens is 641 g/mol. The van der Waals surface area contributed by atoms with Gasteiger partial charge < -0.3 is 19.3 Å². The smallest absolute Gasteiger partial charge is 0.476 e. The van der Waals surface area contributed by atoms with Gasteiger partial charge in [-0.25, -0.2) is 4.79 Å². The summed E-state index contributed by atoms with van der Waals surface area (Å²) < 4.78 is 54.7.